The van der Waals surface area contributed by atoms with Crippen LogP contribution in [0.4, 0.5) is 0 Å². The third-order valence-corrected chi connectivity index (χ3v) is 5.30. The van der Waals surface area contributed by atoms with Crippen LogP contribution >= 0.6 is 0 Å². The lowest BCUT2D eigenvalue weighted by molar-refractivity contribution is -0.148. The zero-order chi connectivity index (χ0) is 15.9. The zero-order valence-electron chi connectivity index (χ0n) is 13.2. The molecule has 2 bridgehead atoms. The highest BCUT2D eigenvalue weighted by Crippen LogP contribution is 2.53. The van der Waals surface area contributed by atoms with Gasteiger partial charge in [-0.3, -0.25) is 4.90 Å². The fourth-order valence-electron chi connectivity index (χ4n) is 4.49. The Kier molecular flexibility index (Phi) is 3.63. The Morgan fingerprint density at radius 3 is 3.30 bits per heavy atom. The lowest BCUT2D eigenvalue weighted by Gasteiger charge is -2.38. The Labute approximate surface area is 136 Å². The number of rotatable bonds is 3. The van der Waals surface area contributed by atoms with E-state index in [9.17, 15) is 4.79 Å². The largest absolute Gasteiger partial charge is 0.449 e. The highest BCUT2D eigenvalue weighted by Gasteiger charge is 2.61. The molecule has 23 heavy (non-hydrogen) atoms. The molecule has 0 aromatic rings. The fraction of sp³-hybridized carbons (Fsp3) is 0.526. The highest BCUT2D eigenvalue weighted by atomic mass is 16.6. The van der Waals surface area contributed by atoms with Gasteiger partial charge in [0, 0.05) is 29.7 Å². The van der Waals surface area contributed by atoms with Crippen LogP contribution < -0.4 is 0 Å². The Balaban J connectivity index is 1.64. The number of carbonyl (C=O) groups excluding carboxylic acids is 1. The summed E-state index contributed by atoms with van der Waals surface area (Å²) in [6.45, 7) is 5.57. The van der Waals surface area contributed by atoms with Crippen molar-refractivity contribution in [1.82, 2.24) is 4.90 Å². The number of carbonyl (C=O) groups is 1. The summed E-state index contributed by atoms with van der Waals surface area (Å²) in [5, 5.41) is 0. The molecule has 3 heterocycles. The predicted molar refractivity (Wildman–Crippen MR) is 86.5 cm³/mol. The summed E-state index contributed by atoms with van der Waals surface area (Å²) >= 11 is 0. The van der Waals surface area contributed by atoms with Gasteiger partial charge in [-0.25, -0.2) is 4.79 Å². The minimum absolute atomic E-state index is 0.219. The maximum Gasteiger partial charge on any atom is 0.332 e. The van der Waals surface area contributed by atoms with Crippen LogP contribution in [-0.2, 0) is 14.3 Å². The van der Waals surface area contributed by atoms with Crippen molar-refractivity contribution in [3.05, 3.63) is 36.0 Å². The highest BCUT2D eigenvalue weighted by molar-refractivity contribution is 5.90. The molecule has 4 rings (SSSR count). The van der Waals surface area contributed by atoms with Gasteiger partial charge in [-0.15, -0.1) is 6.58 Å². The molecule has 120 valence electrons. The van der Waals surface area contributed by atoms with E-state index in [1.807, 2.05) is 0 Å². The molecule has 0 N–H and O–H groups in total. The van der Waals surface area contributed by atoms with Crippen molar-refractivity contribution in [2.24, 2.45) is 0 Å². The molecular formula is C19H21NO3. The van der Waals surface area contributed by atoms with Crippen LogP contribution in [-0.4, -0.2) is 48.3 Å². The van der Waals surface area contributed by atoms with Gasteiger partial charge < -0.3 is 9.47 Å². The molecule has 1 unspecified atom stereocenters. The van der Waals surface area contributed by atoms with E-state index in [1.165, 1.54) is 12.8 Å². The van der Waals surface area contributed by atoms with E-state index in [4.69, 9.17) is 9.47 Å². The molecule has 4 aliphatic rings. The third-order valence-electron chi connectivity index (χ3n) is 5.30. The molecule has 3 atom stereocenters. The smallest absolute Gasteiger partial charge is 0.332 e. The molecule has 1 spiro atoms. The summed E-state index contributed by atoms with van der Waals surface area (Å²) in [6.07, 6.45) is 9.99. The number of piperidine rings is 1. The number of esters is 1. The van der Waals surface area contributed by atoms with Gasteiger partial charge in [0.15, 0.2) is 5.60 Å². The predicted octanol–water partition coefficient (Wildman–Crippen LogP) is 1.98. The van der Waals surface area contributed by atoms with Gasteiger partial charge >= 0.3 is 5.97 Å². The fourth-order valence-corrected chi connectivity index (χ4v) is 4.49. The van der Waals surface area contributed by atoms with E-state index >= 15 is 0 Å². The van der Waals surface area contributed by atoms with E-state index in [1.54, 1.807) is 12.2 Å². The van der Waals surface area contributed by atoms with Crippen LogP contribution in [0.1, 0.15) is 25.7 Å². The van der Waals surface area contributed by atoms with Gasteiger partial charge in [0.2, 0.25) is 0 Å². The minimum atomic E-state index is -0.455. The van der Waals surface area contributed by atoms with Crippen LogP contribution in [0, 0.1) is 11.8 Å². The van der Waals surface area contributed by atoms with Crippen molar-refractivity contribution in [3.8, 4) is 11.8 Å². The van der Waals surface area contributed by atoms with Gasteiger partial charge in [0.05, 0.1) is 12.6 Å². The Hall–Kier alpha value is -1.83. The molecule has 0 aromatic heterocycles. The number of fused-ring (bicyclic) bond motifs is 3. The van der Waals surface area contributed by atoms with Crippen molar-refractivity contribution in [1.29, 1.82) is 0 Å². The average Bonchev–Trinajstić information content (AvgIpc) is 3.03. The quantitative estimate of drug-likeness (QED) is 0.346. The van der Waals surface area contributed by atoms with E-state index in [0.29, 0.717) is 25.3 Å². The second-order valence-corrected chi connectivity index (χ2v) is 6.58. The molecule has 0 radical (unpaired) electrons. The zero-order valence-corrected chi connectivity index (χ0v) is 13.2. The summed E-state index contributed by atoms with van der Waals surface area (Å²) in [4.78, 5) is 14.5. The maximum absolute atomic E-state index is 12.0. The average molecular weight is 311 g/mol. The summed E-state index contributed by atoms with van der Waals surface area (Å²) < 4.78 is 11.2. The number of nitrogens with zero attached hydrogens (tertiary/aromatic N) is 1. The van der Waals surface area contributed by atoms with E-state index in [-0.39, 0.29) is 5.97 Å². The first-order chi connectivity index (χ1) is 11.2. The van der Waals surface area contributed by atoms with Crippen molar-refractivity contribution in [2.45, 2.75) is 43.4 Å². The molecule has 0 saturated carbocycles. The maximum atomic E-state index is 12.0. The van der Waals surface area contributed by atoms with E-state index in [0.717, 1.165) is 30.5 Å². The monoisotopic (exact) mass is 311 g/mol. The summed E-state index contributed by atoms with van der Waals surface area (Å²) in [6, 6.07) is 0.647. The van der Waals surface area contributed by atoms with Crippen LogP contribution in [0.5, 0.6) is 0 Å². The first-order valence-corrected chi connectivity index (χ1v) is 8.35. The third kappa shape index (κ3) is 2.27. The Morgan fingerprint density at radius 2 is 2.43 bits per heavy atom. The van der Waals surface area contributed by atoms with E-state index < -0.39 is 5.60 Å². The molecule has 4 heteroatoms. The van der Waals surface area contributed by atoms with Gasteiger partial charge in [0.1, 0.15) is 6.61 Å². The Morgan fingerprint density at radius 1 is 1.52 bits per heavy atom. The normalized spacial score (nSPS) is 34.5. The second-order valence-electron chi connectivity index (χ2n) is 6.58. The van der Waals surface area contributed by atoms with Gasteiger partial charge in [-0.1, -0.05) is 30.4 Å². The molecule has 4 nitrogen and oxygen atoms in total. The summed E-state index contributed by atoms with van der Waals surface area (Å²) in [5.41, 5.74) is 1.48. The van der Waals surface area contributed by atoms with Crippen molar-refractivity contribution >= 4 is 5.97 Å². The first-order valence-electron chi connectivity index (χ1n) is 8.35. The second kappa shape index (κ2) is 5.67. The van der Waals surface area contributed by atoms with Crippen molar-refractivity contribution < 1.29 is 14.3 Å². The standard InChI is InChI=1S/C19H21NO3/c1-2-9-22-10-5-6-14-11-15-13-19(16(14)12-18(21)23-19)17-7-3-4-8-20(15)17/h2,11-12,15,17H,1,3-4,7-10,13H2/t15?,17-,19+/m1/s1. The Bertz CT molecular complexity index is 666. The van der Waals surface area contributed by atoms with Crippen LogP contribution in [0.2, 0.25) is 0 Å². The minimum Gasteiger partial charge on any atom is -0.449 e. The molecule has 2 saturated heterocycles. The SMILES string of the molecule is C=CCOCC#CC1=CC2C[C@@]3(OC(=O)C=C13)[C@H]1CCCCN21. The number of hydrogen-bond donors (Lipinski definition) is 0. The van der Waals surface area contributed by atoms with Crippen molar-refractivity contribution in [2.75, 3.05) is 19.8 Å². The van der Waals surface area contributed by atoms with Gasteiger partial charge in [-0.05, 0) is 19.4 Å². The summed E-state index contributed by atoms with van der Waals surface area (Å²) in [5.74, 6) is 6.03. The first kappa shape index (κ1) is 14.7. The molecule has 0 amide bonds. The van der Waals surface area contributed by atoms with Crippen molar-refractivity contribution in [3.63, 3.8) is 0 Å². The summed E-state index contributed by atoms with van der Waals surface area (Å²) in [7, 11) is 0. The van der Waals surface area contributed by atoms with Crippen LogP contribution in [0.15, 0.2) is 36.0 Å². The molecule has 2 fully saturated rings. The van der Waals surface area contributed by atoms with Crippen LogP contribution in [0.3, 0.4) is 0 Å². The molecule has 1 aliphatic carbocycles. The molecular weight excluding hydrogens is 290 g/mol. The van der Waals surface area contributed by atoms with E-state index in [2.05, 4.69) is 29.4 Å². The molecule has 0 aromatic carbocycles. The number of ether oxygens (including phenoxy) is 2. The lowest BCUT2D eigenvalue weighted by Crippen LogP contribution is -2.48. The lowest BCUT2D eigenvalue weighted by atomic mass is 9.77. The topological polar surface area (TPSA) is 38.8 Å². The van der Waals surface area contributed by atoms with Gasteiger partial charge in [-0.2, -0.15) is 0 Å². The molecule has 3 aliphatic heterocycles. The van der Waals surface area contributed by atoms with Crippen LogP contribution in [0.25, 0.3) is 0 Å². The number of hydrogen-bond acceptors (Lipinski definition) is 4. The van der Waals surface area contributed by atoms with Gasteiger partial charge in [0.25, 0.3) is 0 Å².